The van der Waals surface area contributed by atoms with Gasteiger partial charge in [-0.05, 0) is 18.6 Å². The molecule has 1 heterocycles. The number of nitrogens with one attached hydrogen (secondary N) is 3. The van der Waals surface area contributed by atoms with E-state index in [0.717, 1.165) is 6.42 Å². The average Bonchev–Trinajstić information content (AvgIpc) is 2.63. The lowest BCUT2D eigenvalue weighted by atomic mass is 10.3. The zero-order valence-corrected chi connectivity index (χ0v) is 16.2. The van der Waals surface area contributed by atoms with Gasteiger partial charge in [-0.2, -0.15) is 0 Å². The van der Waals surface area contributed by atoms with E-state index in [0.29, 0.717) is 43.4 Å². The molecule has 27 heavy (non-hydrogen) atoms. The fraction of sp³-hybridized carbons (Fsp3) is 0.500. The van der Waals surface area contributed by atoms with Crippen molar-refractivity contribution in [1.82, 2.24) is 20.4 Å². The first-order valence-corrected chi connectivity index (χ1v) is 9.42. The van der Waals surface area contributed by atoms with E-state index in [4.69, 9.17) is 11.6 Å². The number of para-hydroxylation sites is 1. The fourth-order valence-corrected chi connectivity index (χ4v) is 2.90. The van der Waals surface area contributed by atoms with Gasteiger partial charge in [0.05, 0.1) is 23.8 Å². The summed E-state index contributed by atoms with van der Waals surface area (Å²) in [6.07, 6.45) is 0.813. The molecule has 0 spiro atoms. The van der Waals surface area contributed by atoms with Crippen LogP contribution < -0.4 is 16.0 Å². The van der Waals surface area contributed by atoms with E-state index in [2.05, 4.69) is 16.0 Å². The largest absolute Gasteiger partial charge is 0.338 e. The van der Waals surface area contributed by atoms with Crippen molar-refractivity contribution < 1.29 is 14.4 Å². The molecule has 8 nitrogen and oxygen atoms in total. The highest BCUT2D eigenvalue weighted by Gasteiger charge is 2.21. The van der Waals surface area contributed by atoms with E-state index in [1.54, 1.807) is 18.2 Å². The average molecular weight is 396 g/mol. The summed E-state index contributed by atoms with van der Waals surface area (Å²) in [5, 5.41) is 8.23. The SMILES string of the molecule is CCCNC(=O)NC(=O)CN1CCN(CC(=O)Nc2ccccc2Cl)CC1. The molecule has 1 aliphatic rings. The molecule has 1 saturated heterocycles. The minimum atomic E-state index is -0.461. The van der Waals surface area contributed by atoms with E-state index in [9.17, 15) is 14.4 Å². The summed E-state index contributed by atoms with van der Waals surface area (Å²) < 4.78 is 0. The van der Waals surface area contributed by atoms with Gasteiger partial charge < -0.3 is 10.6 Å². The number of benzene rings is 1. The molecule has 148 valence electrons. The second-order valence-corrected chi connectivity index (χ2v) is 6.79. The van der Waals surface area contributed by atoms with Crippen molar-refractivity contribution in [2.45, 2.75) is 13.3 Å². The van der Waals surface area contributed by atoms with Crippen LogP contribution in [0.15, 0.2) is 24.3 Å². The summed E-state index contributed by atoms with van der Waals surface area (Å²) in [6.45, 7) is 5.57. The molecule has 1 aromatic rings. The summed E-state index contributed by atoms with van der Waals surface area (Å²) in [6, 6.07) is 6.64. The molecule has 0 saturated carbocycles. The van der Waals surface area contributed by atoms with Gasteiger partial charge in [0.1, 0.15) is 0 Å². The minimum absolute atomic E-state index is 0.123. The molecule has 4 amide bonds. The van der Waals surface area contributed by atoms with Crippen molar-refractivity contribution in [2.75, 3.05) is 51.1 Å². The lowest BCUT2D eigenvalue weighted by Gasteiger charge is -2.33. The summed E-state index contributed by atoms with van der Waals surface area (Å²) in [5.74, 6) is -0.449. The van der Waals surface area contributed by atoms with Gasteiger partial charge in [-0.1, -0.05) is 30.7 Å². The van der Waals surface area contributed by atoms with Crippen LogP contribution in [-0.2, 0) is 9.59 Å². The smallest absolute Gasteiger partial charge is 0.321 e. The van der Waals surface area contributed by atoms with Crippen LogP contribution in [0.1, 0.15) is 13.3 Å². The van der Waals surface area contributed by atoms with Gasteiger partial charge in [-0.3, -0.25) is 24.7 Å². The van der Waals surface area contributed by atoms with Crippen LogP contribution in [0, 0.1) is 0 Å². The number of carbonyl (C=O) groups is 3. The maximum Gasteiger partial charge on any atom is 0.321 e. The Balaban J connectivity index is 1.67. The summed E-state index contributed by atoms with van der Waals surface area (Å²) in [4.78, 5) is 39.5. The third-order valence-electron chi connectivity index (χ3n) is 4.14. The van der Waals surface area contributed by atoms with Crippen LogP contribution in [0.25, 0.3) is 0 Å². The fourth-order valence-electron chi connectivity index (χ4n) is 2.71. The van der Waals surface area contributed by atoms with Crippen molar-refractivity contribution in [3.8, 4) is 0 Å². The topological polar surface area (TPSA) is 93.8 Å². The van der Waals surface area contributed by atoms with Crippen molar-refractivity contribution >= 4 is 35.1 Å². The number of anilines is 1. The van der Waals surface area contributed by atoms with Gasteiger partial charge in [0.15, 0.2) is 0 Å². The van der Waals surface area contributed by atoms with E-state index in [1.165, 1.54) is 0 Å². The highest BCUT2D eigenvalue weighted by atomic mass is 35.5. The number of hydrogen-bond donors (Lipinski definition) is 3. The first-order chi connectivity index (χ1) is 13.0. The zero-order valence-electron chi connectivity index (χ0n) is 15.5. The number of carbonyl (C=O) groups excluding carboxylic acids is 3. The Bertz CT molecular complexity index is 662. The molecule has 0 bridgehead atoms. The molecule has 2 rings (SSSR count). The standard InChI is InChI=1S/C18H26ClN5O3/c1-2-7-20-18(27)22-17(26)13-24-10-8-23(9-11-24)12-16(25)21-15-6-4-3-5-14(15)19/h3-6H,2,7-13H2,1H3,(H,21,25)(H2,20,22,26,27). The molecular formula is C18H26ClN5O3. The van der Waals surface area contributed by atoms with Crippen LogP contribution in [0.3, 0.4) is 0 Å². The third-order valence-corrected chi connectivity index (χ3v) is 4.47. The maximum absolute atomic E-state index is 12.2. The van der Waals surface area contributed by atoms with Crippen LogP contribution in [0.2, 0.25) is 5.02 Å². The quantitative estimate of drug-likeness (QED) is 0.643. The van der Waals surface area contributed by atoms with Gasteiger partial charge in [0.25, 0.3) is 0 Å². The van der Waals surface area contributed by atoms with E-state index >= 15 is 0 Å². The van der Waals surface area contributed by atoms with Gasteiger partial charge in [-0.15, -0.1) is 0 Å². The number of piperazine rings is 1. The lowest BCUT2D eigenvalue weighted by Crippen LogP contribution is -2.52. The second-order valence-electron chi connectivity index (χ2n) is 6.38. The van der Waals surface area contributed by atoms with Crippen LogP contribution >= 0.6 is 11.6 Å². The van der Waals surface area contributed by atoms with Crippen molar-refractivity contribution in [3.05, 3.63) is 29.3 Å². The van der Waals surface area contributed by atoms with Crippen LogP contribution in [0.5, 0.6) is 0 Å². The van der Waals surface area contributed by atoms with E-state index < -0.39 is 6.03 Å². The molecule has 3 N–H and O–H groups in total. The molecular weight excluding hydrogens is 370 g/mol. The molecule has 0 aromatic heterocycles. The Kier molecular flexibility index (Phi) is 8.50. The van der Waals surface area contributed by atoms with Crippen LogP contribution in [0.4, 0.5) is 10.5 Å². The predicted octanol–water partition coefficient (Wildman–Crippen LogP) is 1.13. The summed E-state index contributed by atoms with van der Waals surface area (Å²) >= 11 is 6.04. The zero-order chi connectivity index (χ0) is 19.6. The molecule has 1 aliphatic heterocycles. The number of imide groups is 1. The first-order valence-electron chi connectivity index (χ1n) is 9.04. The number of amides is 4. The Morgan fingerprint density at radius 2 is 1.59 bits per heavy atom. The second kappa shape index (κ2) is 10.9. The normalized spacial score (nSPS) is 15.2. The Morgan fingerprint density at radius 1 is 1.00 bits per heavy atom. The van der Waals surface area contributed by atoms with Gasteiger partial charge in [-0.25, -0.2) is 4.79 Å². The molecule has 9 heteroatoms. The molecule has 0 radical (unpaired) electrons. The number of nitrogens with zero attached hydrogens (tertiary/aromatic N) is 2. The third kappa shape index (κ3) is 7.54. The molecule has 1 aromatic carbocycles. The minimum Gasteiger partial charge on any atom is -0.338 e. The summed E-state index contributed by atoms with van der Waals surface area (Å²) in [5.41, 5.74) is 0.598. The van der Waals surface area contributed by atoms with E-state index in [1.807, 2.05) is 22.8 Å². The maximum atomic E-state index is 12.2. The summed E-state index contributed by atoms with van der Waals surface area (Å²) in [7, 11) is 0. The monoisotopic (exact) mass is 395 g/mol. The first kappa shape index (κ1) is 21.1. The Labute approximate surface area is 164 Å². The van der Waals surface area contributed by atoms with Crippen molar-refractivity contribution in [1.29, 1.82) is 0 Å². The number of halogens is 1. The number of rotatable bonds is 7. The van der Waals surface area contributed by atoms with Crippen LogP contribution in [-0.4, -0.2) is 73.5 Å². The molecule has 0 aliphatic carbocycles. The van der Waals surface area contributed by atoms with E-state index in [-0.39, 0.29) is 24.9 Å². The highest BCUT2D eigenvalue weighted by molar-refractivity contribution is 6.33. The number of hydrogen-bond acceptors (Lipinski definition) is 5. The molecule has 0 atom stereocenters. The molecule has 0 unspecified atom stereocenters. The Hall–Kier alpha value is -2.16. The van der Waals surface area contributed by atoms with Crippen molar-refractivity contribution in [2.24, 2.45) is 0 Å². The number of urea groups is 1. The van der Waals surface area contributed by atoms with Gasteiger partial charge in [0, 0.05) is 32.7 Å². The Morgan fingerprint density at radius 3 is 2.19 bits per heavy atom. The van der Waals surface area contributed by atoms with Gasteiger partial charge >= 0.3 is 6.03 Å². The predicted molar refractivity (Wildman–Crippen MR) is 105 cm³/mol. The highest BCUT2D eigenvalue weighted by Crippen LogP contribution is 2.20. The van der Waals surface area contributed by atoms with Crippen molar-refractivity contribution in [3.63, 3.8) is 0 Å². The molecule has 1 fully saturated rings. The lowest BCUT2D eigenvalue weighted by molar-refractivity contribution is -0.122. The van der Waals surface area contributed by atoms with Gasteiger partial charge in [0.2, 0.25) is 11.8 Å².